The maximum atomic E-state index is 15.8. The van der Waals surface area contributed by atoms with Crippen LogP contribution in [0, 0.1) is 0 Å². The van der Waals surface area contributed by atoms with Crippen LogP contribution in [0.1, 0.15) is 0 Å². The minimum Gasteiger partial charge on any atom is -0.309 e. The van der Waals surface area contributed by atoms with Gasteiger partial charge in [-0.05, 0) is 82.5 Å². The summed E-state index contributed by atoms with van der Waals surface area (Å²) in [5, 5.41) is 12.4. The third-order valence-electron chi connectivity index (χ3n) is 11.0. The van der Waals surface area contributed by atoms with E-state index in [1.165, 1.54) is 48.7 Å². The summed E-state index contributed by atoms with van der Waals surface area (Å²) < 4.78 is 15.8. The van der Waals surface area contributed by atoms with Crippen LogP contribution in [0.4, 0.5) is 0 Å². The lowest BCUT2D eigenvalue weighted by molar-refractivity contribution is 0.592. The molecule has 0 bridgehead atoms. The van der Waals surface area contributed by atoms with Crippen LogP contribution in [0.25, 0.3) is 76.5 Å². The summed E-state index contributed by atoms with van der Waals surface area (Å²) in [6.07, 6.45) is 0. The zero-order valence-corrected chi connectivity index (χ0v) is 30.5. The van der Waals surface area contributed by atoms with Gasteiger partial charge in [0.25, 0.3) is 0 Å². The van der Waals surface area contributed by atoms with Crippen molar-refractivity contribution in [2.24, 2.45) is 0 Å². The highest BCUT2D eigenvalue weighted by Gasteiger charge is 2.30. The van der Waals surface area contributed by atoms with E-state index >= 15 is 4.57 Å². The summed E-state index contributed by atoms with van der Waals surface area (Å²) in [5.74, 6) is 0. The molecule has 0 saturated heterocycles. The Kier molecular flexibility index (Phi) is 7.83. The highest BCUT2D eigenvalue weighted by atomic mass is 31.2. The second-order valence-electron chi connectivity index (χ2n) is 14.0. The van der Waals surface area contributed by atoms with E-state index in [4.69, 9.17) is 0 Å². The molecule has 0 spiro atoms. The largest absolute Gasteiger partial charge is 0.309 e. The lowest BCUT2D eigenvalue weighted by Gasteiger charge is -2.21. The van der Waals surface area contributed by atoms with Crippen molar-refractivity contribution in [1.82, 2.24) is 0 Å². The summed E-state index contributed by atoms with van der Waals surface area (Å²) in [7, 11) is -3.25. The average Bonchev–Trinajstić information content (AvgIpc) is 3.26. The Morgan fingerprint density at radius 2 is 0.630 bits per heavy atom. The van der Waals surface area contributed by atoms with Crippen molar-refractivity contribution in [3.05, 3.63) is 212 Å². The minimum absolute atomic E-state index is 0.813. The SMILES string of the molecule is O=P(c1ccc(-c2ccccc2)cc1)(c1ccc(-c2ccccc2)cc1)c1ccc(-c2cc3c(ccc4c5ccccc5ccc43)c3ccccc23)cc1. The van der Waals surface area contributed by atoms with Gasteiger partial charge in [-0.25, -0.2) is 0 Å². The molecule has 0 atom stereocenters. The van der Waals surface area contributed by atoms with Crippen molar-refractivity contribution < 1.29 is 4.57 Å². The number of rotatable bonds is 6. The van der Waals surface area contributed by atoms with Gasteiger partial charge in [-0.1, -0.05) is 206 Å². The molecule has 1 nitrogen and oxygen atoms in total. The van der Waals surface area contributed by atoms with E-state index in [0.29, 0.717) is 0 Å². The van der Waals surface area contributed by atoms with E-state index in [0.717, 1.165) is 43.7 Å². The highest BCUT2D eigenvalue weighted by molar-refractivity contribution is 7.85. The Labute approximate surface area is 315 Å². The zero-order chi connectivity index (χ0) is 36.1. The molecule has 0 N–H and O–H groups in total. The van der Waals surface area contributed by atoms with Gasteiger partial charge < -0.3 is 4.57 Å². The average molecular weight is 707 g/mol. The van der Waals surface area contributed by atoms with Gasteiger partial charge >= 0.3 is 0 Å². The standard InChI is InChI=1S/C52H35OP/c53-54(42-26-19-38(20-27-42)36-11-3-1-4-12-36,43-28-21-39(22-29-43)37-13-5-2-6-14-37)44-30-23-41(24-31-44)51-35-52-49-32-25-40-15-7-8-16-45(40)48(49)33-34-50(52)46-17-9-10-18-47(46)51/h1-35H. The van der Waals surface area contributed by atoms with E-state index in [1.807, 2.05) is 60.7 Å². The summed E-state index contributed by atoms with van der Waals surface area (Å²) >= 11 is 0. The molecule has 0 aromatic heterocycles. The molecule has 10 aromatic rings. The van der Waals surface area contributed by atoms with Gasteiger partial charge in [-0.2, -0.15) is 0 Å². The Bertz CT molecular complexity index is 2930. The van der Waals surface area contributed by atoms with Crippen molar-refractivity contribution in [3.8, 4) is 33.4 Å². The highest BCUT2D eigenvalue weighted by Crippen LogP contribution is 2.45. The van der Waals surface area contributed by atoms with Crippen LogP contribution in [0.15, 0.2) is 212 Å². The fraction of sp³-hybridized carbons (Fsp3) is 0. The first-order valence-corrected chi connectivity index (χ1v) is 20.1. The van der Waals surface area contributed by atoms with Gasteiger partial charge in [-0.15, -0.1) is 0 Å². The molecule has 0 amide bonds. The predicted molar refractivity (Wildman–Crippen MR) is 232 cm³/mol. The topological polar surface area (TPSA) is 17.1 Å². The first-order valence-electron chi connectivity index (χ1n) is 18.4. The van der Waals surface area contributed by atoms with Crippen LogP contribution in [-0.2, 0) is 4.57 Å². The Balaban J connectivity index is 1.12. The lowest BCUT2D eigenvalue weighted by Crippen LogP contribution is -2.25. The molecule has 0 heterocycles. The van der Waals surface area contributed by atoms with Crippen molar-refractivity contribution in [2.45, 2.75) is 0 Å². The smallest absolute Gasteiger partial charge is 0.171 e. The van der Waals surface area contributed by atoms with Gasteiger partial charge in [0, 0.05) is 15.9 Å². The third-order valence-corrected chi connectivity index (χ3v) is 14.1. The number of hydrogen-bond donors (Lipinski definition) is 0. The zero-order valence-electron chi connectivity index (χ0n) is 29.6. The Morgan fingerprint density at radius 1 is 0.259 bits per heavy atom. The molecule has 0 saturated carbocycles. The van der Waals surface area contributed by atoms with E-state index in [-0.39, 0.29) is 0 Å². The molecule has 254 valence electrons. The monoisotopic (exact) mass is 706 g/mol. The fourth-order valence-corrected chi connectivity index (χ4v) is 10.8. The molecule has 54 heavy (non-hydrogen) atoms. The lowest BCUT2D eigenvalue weighted by atomic mass is 9.90. The van der Waals surface area contributed by atoms with Crippen LogP contribution in [0.3, 0.4) is 0 Å². The summed E-state index contributed by atoms with van der Waals surface area (Å²) in [5.41, 5.74) is 6.74. The van der Waals surface area contributed by atoms with E-state index in [2.05, 4.69) is 152 Å². The molecule has 10 aromatic carbocycles. The molecule has 0 aliphatic heterocycles. The molecule has 0 aliphatic carbocycles. The van der Waals surface area contributed by atoms with Crippen LogP contribution >= 0.6 is 7.14 Å². The van der Waals surface area contributed by atoms with Gasteiger partial charge in [0.1, 0.15) is 0 Å². The molecular weight excluding hydrogens is 672 g/mol. The van der Waals surface area contributed by atoms with E-state index in [9.17, 15) is 0 Å². The van der Waals surface area contributed by atoms with Gasteiger partial charge in [0.15, 0.2) is 7.14 Å². The molecule has 10 rings (SSSR count). The Morgan fingerprint density at radius 3 is 1.17 bits per heavy atom. The van der Waals surface area contributed by atoms with Gasteiger partial charge in [0.05, 0.1) is 0 Å². The quantitative estimate of drug-likeness (QED) is 0.124. The predicted octanol–water partition coefficient (Wildman–Crippen LogP) is 12.9. The normalized spacial score (nSPS) is 11.8. The first-order chi connectivity index (χ1) is 26.6. The number of benzene rings is 10. The second kappa shape index (κ2) is 13.2. The Hall–Kier alpha value is -6.53. The van der Waals surface area contributed by atoms with Crippen molar-refractivity contribution >= 4 is 66.1 Å². The van der Waals surface area contributed by atoms with Crippen molar-refractivity contribution in [2.75, 3.05) is 0 Å². The second-order valence-corrected chi connectivity index (χ2v) is 16.8. The number of hydrogen-bond acceptors (Lipinski definition) is 1. The maximum Gasteiger partial charge on any atom is 0.171 e. The van der Waals surface area contributed by atoms with Gasteiger partial charge in [-0.3, -0.25) is 0 Å². The summed E-state index contributed by atoms with van der Waals surface area (Å²) in [6, 6.07) is 74.5. The molecule has 0 unspecified atom stereocenters. The first kappa shape index (κ1) is 32.1. The van der Waals surface area contributed by atoms with Crippen molar-refractivity contribution in [1.29, 1.82) is 0 Å². The molecule has 0 radical (unpaired) electrons. The number of fused-ring (bicyclic) bond motifs is 7. The van der Waals surface area contributed by atoms with E-state index < -0.39 is 7.14 Å². The van der Waals surface area contributed by atoms with Crippen LogP contribution in [0.5, 0.6) is 0 Å². The van der Waals surface area contributed by atoms with Crippen LogP contribution in [-0.4, -0.2) is 0 Å². The van der Waals surface area contributed by atoms with Crippen molar-refractivity contribution in [3.63, 3.8) is 0 Å². The third kappa shape index (κ3) is 5.36. The maximum absolute atomic E-state index is 15.8. The van der Waals surface area contributed by atoms with Gasteiger partial charge in [0.2, 0.25) is 0 Å². The summed E-state index contributed by atoms with van der Waals surface area (Å²) in [4.78, 5) is 0. The molecule has 0 fully saturated rings. The van der Waals surface area contributed by atoms with Crippen LogP contribution < -0.4 is 15.9 Å². The minimum atomic E-state index is -3.25. The summed E-state index contributed by atoms with van der Waals surface area (Å²) in [6.45, 7) is 0. The van der Waals surface area contributed by atoms with E-state index in [1.54, 1.807) is 0 Å². The molecule has 2 heteroatoms. The molecule has 0 aliphatic rings. The fourth-order valence-electron chi connectivity index (χ4n) is 8.20. The molecular formula is C52H35OP. The van der Waals surface area contributed by atoms with Crippen LogP contribution in [0.2, 0.25) is 0 Å².